The fraction of sp³-hybridized carbons (Fsp3) is 0. The van der Waals surface area contributed by atoms with Gasteiger partial charge in [0, 0.05) is 0 Å². The Hall–Kier alpha value is -0.183. The first-order valence-electron chi connectivity index (χ1n) is 4.38. The molecule has 0 aliphatic heterocycles. The van der Waals surface area contributed by atoms with Gasteiger partial charge < -0.3 is 0 Å². The second-order valence-corrected chi connectivity index (χ2v) is 6.58. The molecule has 0 heterocycles. The average Bonchev–Trinajstić information content (AvgIpc) is 2.71. The molecule has 66 valence electrons. The van der Waals surface area contributed by atoms with Crippen molar-refractivity contribution in [1.82, 2.24) is 0 Å². The Bertz CT molecular complexity index is 652. The standard InChI is InChI=1S/C12H6.2W/c1-3-9-7-11-5-2-6-12(11)8-10(9)4-1;;/h1-3,6-8H;;. The molecule has 0 amide bonds. The number of rotatable bonds is 0. The van der Waals surface area contributed by atoms with Crippen LogP contribution in [-0.4, -0.2) is 0 Å². The first-order valence-corrected chi connectivity index (χ1v) is 7.32. The molecule has 3 aromatic carbocycles. The van der Waals surface area contributed by atoms with Gasteiger partial charge in [-0.1, -0.05) is 0 Å². The fourth-order valence-corrected chi connectivity index (χ4v) is 3.61. The third kappa shape index (κ3) is 1.21. The van der Waals surface area contributed by atoms with Crippen molar-refractivity contribution >= 4 is 21.5 Å². The van der Waals surface area contributed by atoms with E-state index in [2.05, 4.69) is 36.4 Å². The Labute approximate surface area is 103 Å². The van der Waals surface area contributed by atoms with Crippen LogP contribution in [0.5, 0.6) is 0 Å². The van der Waals surface area contributed by atoms with Crippen LogP contribution in [0.1, 0.15) is 0 Å². The minimum absolute atomic E-state index is 1.40. The van der Waals surface area contributed by atoms with Crippen molar-refractivity contribution in [1.29, 1.82) is 0 Å². The number of hydrogen-bond donors (Lipinski definition) is 0. The third-order valence-electron chi connectivity index (χ3n) is 2.58. The summed E-state index contributed by atoms with van der Waals surface area (Å²) >= 11 is 3.12. The Morgan fingerprint density at radius 3 is 1.50 bits per heavy atom. The van der Waals surface area contributed by atoms with Crippen molar-refractivity contribution in [3.63, 3.8) is 0 Å². The molecule has 0 spiro atoms. The molecule has 3 aromatic rings. The van der Waals surface area contributed by atoms with Gasteiger partial charge in [-0.25, -0.2) is 0 Å². The summed E-state index contributed by atoms with van der Waals surface area (Å²) in [5, 5.41) is 5.67. The number of fused-ring (bicyclic) bond motifs is 2. The fourth-order valence-electron chi connectivity index (χ4n) is 1.85. The van der Waals surface area contributed by atoms with Crippen molar-refractivity contribution < 1.29 is 38.7 Å². The van der Waals surface area contributed by atoms with Gasteiger partial charge in [0.05, 0.1) is 0 Å². The van der Waals surface area contributed by atoms with Crippen LogP contribution in [0.3, 0.4) is 0 Å². The SMILES string of the molecule is [W]=[c]1ccc2cc3[c](=[W])ccc3cc12. The quantitative estimate of drug-likeness (QED) is 0.430. The van der Waals surface area contributed by atoms with E-state index in [9.17, 15) is 0 Å². The maximum absolute atomic E-state index is 2.33. The topological polar surface area (TPSA) is 0 Å². The molecule has 0 unspecified atom stereocenters. The van der Waals surface area contributed by atoms with Gasteiger partial charge in [-0.05, 0) is 0 Å². The molecule has 0 radical (unpaired) electrons. The second-order valence-electron chi connectivity index (χ2n) is 3.42. The van der Waals surface area contributed by atoms with Gasteiger partial charge in [0.2, 0.25) is 0 Å². The Kier molecular flexibility index (Phi) is 2.04. The Morgan fingerprint density at radius 1 is 0.643 bits per heavy atom. The molecule has 0 saturated heterocycles. The van der Waals surface area contributed by atoms with Crippen molar-refractivity contribution in [3.05, 3.63) is 43.5 Å². The summed E-state index contributed by atoms with van der Waals surface area (Å²) < 4.78 is 2.93. The zero-order valence-corrected chi connectivity index (χ0v) is 13.1. The molecule has 3 rings (SSSR count). The van der Waals surface area contributed by atoms with Crippen molar-refractivity contribution in [2.24, 2.45) is 0 Å². The molecular formula is C12H6W2. The van der Waals surface area contributed by atoms with Gasteiger partial charge in [-0.3, -0.25) is 0 Å². The van der Waals surface area contributed by atoms with Crippen LogP contribution in [0.25, 0.3) is 21.5 Å². The van der Waals surface area contributed by atoms with Crippen LogP contribution in [0.2, 0.25) is 0 Å². The van der Waals surface area contributed by atoms with Crippen molar-refractivity contribution in [3.8, 4) is 0 Å². The molecule has 0 N–H and O–H groups in total. The molecule has 0 saturated carbocycles. The molecule has 0 atom stereocenters. The van der Waals surface area contributed by atoms with Gasteiger partial charge >= 0.3 is 104 Å². The Morgan fingerprint density at radius 2 is 1.07 bits per heavy atom. The zero-order valence-electron chi connectivity index (χ0n) is 7.28. The molecule has 0 aliphatic rings. The first-order chi connectivity index (χ1) is 6.75. The van der Waals surface area contributed by atoms with Gasteiger partial charge in [-0.2, -0.15) is 0 Å². The summed E-state index contributed by atoms with van der Waals surface area (Å²) in [4.78, 5) is 0. The van der Waals surface area contributed by atoms with Crippen molar-refractivity contribution in [2.75, 3.05) is 0 Å². The van der Waals surface area contributed by atoms with Crippen molar-refractivity contribution in [2.45, 2.75) is 0 Å². The Balaban J connectivity index is 2.69. The predicted octanol–water partition coefficient (Wildman–Crippen LogP) is 3.03. The molecule has 0 bridgehead atoms. The number of hydrogen-bond acceptors (Lipinski definition) is 0. The molecule has 0 aromatic heterocycles. The third-order valence-corrected chi connectivity index (χ3v) is 5.14. The van der Waals surface area contributed by atoms with E-state index in [0.29, 0.717) is 0 Å². The molecule has 0 fully saturated rings. The predicted molar refractivity (Wildman–Crippen MR) is 50.3 cm³/mol. The van der Waals surface area contributed by atoms with E-state index in [0.717, 1.165) is 0 Å². The van der Waals surface area contributed by atoms with E-state index in [4.69, 9.17) is 0 Å². The molecular weight excluding hydrogens is 512 g/mol. The van der Waals surface area contributed by atoms with Gasteiger partial charge in [0.1, 0.15) is 0 Å². The van der Waals surface area contributed by atoms with Gasteiger partial charge in [0.25, 0.3) is 0 Å². The number of benzene rings is 1. The van der Waals surface area contributed by atoms with E-state index in [1.54, 1.807) is 38.7 Å². The van der Waals surface area contributed by atoms with E-state index in [1.165, 1.54) is 28.6 Å². The van der Waals surface area contributed by atoms with Crippen LogP contribution < -0.4 is 0 Å². The molecule has 14 heavy (non-hydrogen) atoms. The molecule has 0 nitrogen and oxygen atoms in total. The summed E-state index contributed by atoms with van der Waals surface area (Å²) in [6.45, 7) is 0. The van der Waals surface area contributed by atoms with Gasteiger partial charge in [-0.15, -0.1) is 0 Å². The van der Waals surface area contributed by atoms with E-state index >= 15 is 0 Å². The minimum atomic E-state index is 1.40. The average molecular weight is 518 g/mol. The summed E-state index contributed by atoms with van der Waals surface area (Å²) in [6, 6.07) is 13.6. The van der Waals surface area contributed by atoms with Crippen LogP contribution in [0, 0.1) is 7.09 Å². The van der Waals surface area contributed by atoms with E-state index < -0.39 is 0 Å². The summed E-state index contributed by atoms with van der Waals surface area (Å²) in [6.07, 6.45) is 0. The zero-order chi connectivity index (χ0) is 9.71. The normalized spacial score (nSPS) is 11.4. The maximum atomic E-state index is 2.33. The van der Waals surface area contributed by atoms with Crippen LogP contribution in [0.15, 0.2) is 36.4 Å². The summed E-state index contributed by atoms with van der Waals surface area (Å²) in [7, 11) is 0. The van der Waals surface area contributed by atoms with Crippen LogP contribution in [-0.2, 0) is 38.7 Å². The monoisotopic (exact) mass is 518 g/mol. The molecule has 2 heteroatoms. The second kappa shape index (κ2) is 3.16. The van der Waals surface area contributed by atoms with E-state index in [1.807, 2.05) is 0 Å². The van der Waals surface area contributed by atoms with Crippen LogP contribution in [0.4, 0.5) is 0 Å². The first kappa shape index (κ1) is 9.07. The van der Waals surface area contributed by atoms with Gasteiger partial charge in [0.15, 0.2) is 0 Å². The summed E-state index contributed by atoms with van der Waals surface area (Å²) in [5.74, 6) is 0. The van der Waals surface area contributed by atoms with Crippen LogP contribution >= 0.6 is 0 Å². The molecule has 0 aliphatic carbocycles. The van der Waals surface area contributed by atoms with E-state index in [-0.39, 0.29) is 0 Å². The summed E-state index contributed by atoms with van der Waals surface area (Å²) in [5.41, 5.74) is 0.